The Morgan fingerprint density at radius 3 is 2.60 bits per heavy atom. The Balaban J connectivity index is 2.11. The average molecular weight is 202 g/mol. The lowest BCUT2D eigenvalue weighted by atomic mass is 10.2. The van der Waals surface area contributed by atoms with E-state index in [-0.39, 0.29) is 0 Å². The van der Waals surface area contributed by atoms with Crippen LogP contribution in [-0.4, -0.2) is 15.9 Å². The van der Waals surface area contributed by atoms with E-state index in [2.05, 4.69) is 5.10 Å². The molecule has 0 spiro atoms. The fourth-order valence-electron chi connectivity index (χ4n) is 1.16. The third kappa shape index (κ3) is 2.22. The molecule has 4 nitrogen and oxygen atoms in total. The summed E-state index contributed by atoms with van der Waals surface area (Å²) in [6.07, 6.45) is 1.59. The van der Waals surface area contributed by atoms with E-state index < -0.39 is 5.97 Å². The SMILES string of the molecule is Cc1ccn(OC(=O)c2ccccc2)n1. The molecule has 1 heterocycles. The lowest BCUT2D eigenvalue weighted by molar-refractivity contribution is 0.0393. The molecule has 76 valence electrons. The molecule has 0 saturated carbocycles. The maximum Gasteiger partial charge on any atom is 0.365 e. The molecule has 0 radical (unpaired) electrons. The Morgan fingerprint density at radius 1 is 1.27 bits per heavy atom. The highest BCUT2D eigenvalue weighted by Crippen LogP contribution is 1.99. The summed E-state index contributed by atoms with van der Waals surface area (Å²) in [5.74, 6) is -0.418. The van der Waals surface area contributed by atoms with Crippen LogP contribution in [0.15, 0.2) is 42.6 Å². The maximum atomic E-state index is 11.5. The van der Waals surface area contributed by atoms with Crippen LogP contribution in [0.4, 0.5) is 0 Å². The second-order valence-corrected chi connectivity index (χ2v) is 3.10. The number of carbonyl (C=O) groups is 1. The van der Waals surface area contributed by atoms with E-state index in [0.717, 1.165) is 10.5 Å². The molecule has 0 aliphatic heterocycles. The van der Waals surface area contributed by atoms with Crippen molar-refractivity contribution in [1.82, 2.24) is 9.94 Å². The average Bonchev–Trinajstić information content (AvgIpc) is 2.65. The molecule has 1 aromatic heterocycles. The monoisotopic (exact) mass is 202 g/mol. The lowest BCUT2D eigenvalue weighted by Gasteiger charge is -2.01. The first-order chi connectivity index (χ1) is 7.25. The second-order valence-electron chi connectivity index (χ2n) is 3.10. The van der Waals surface area contributed by atoms with Gasteiger partial charge in [-0.3, -0.25) is 0 Å². The quantitative estimate of drug-likeness (QED) is 0.740. The third-order valence-corrected chi connectivity index (χ3v) is 1.89. The fourth-order valence-corrected chi connectivity index (χ4v) is 1.16. The van der Waals surface area contributed by atoms with E-state index in [4.69, 9.17) is 4.84 Å². The molecule has 0 atom stereocenters. The predicted molar refractivity (Wildman–Crippen MR) is 54.3 cm³/mol. The second kappa shape index (κ2) is 3.96. The van der Waals surface area contributed by atoms with Crippen molar-refractivity contribution >= 4 is 5.97 Å². The van der Waals surface area contributed by atoms with Crippen LogP contribution in [0.1, 0.15) is 16.1 Å². The molecular weight excluding hydrogens is 192 g/mol. The number of carbonyl (C=O) groups excluding carboxylic acids is 1. The molecule has 2 aromatic rings. The molecule has 0 aliphatic rings. The van der Waals surface area contributed by atoms with Crippen molar-refractivity contribution in [3.63, 3.8) is 0 Å². The standard InChI is InChI=1S/C11H10N2O2/c1-9-7-8-13(12-9)15-11(14)10-5-3-2-4-6-10/h2-8H,1H3. The Labute approximate surface area is 87.1 Å². The van der Waals surface area contributed by atoms with Gasteiger partial charge in [-0.25, -0.2) is 4.79 Å². The minimum Gasteiger partial charge on any atom is -0.314 e. The van der Waals surface area contributed by atoms with Gasteiger partial charge in [0.15, 0.2) is 0 Å². The van der Waals surface area contributed by atoms with Crippen molar-refractivity contribution in [2.24, 2.45) is 0 Å². The molecule has 0 N–H and O–H groups in total. The molecule has 4 heteroatoms. The normalized spacial score (nSPS) is 9.93. The van der Waals surface area contributed by atoms with Crippen molar-refractivity contribution in [3.05, 3.63) is 53.9 Å². The first-order valence-corrected chi connectivity index (χ1v) is 4.56. The van der Waals surface area contributed by atoms with E-state index in [1.807, 2.05) is 13.0 Å². The largest absolute Gasteiger partial charge is 0.365 e. The van der Waals surface area contributed by atoms with Gasteiger partial charge in [-0.1, -0.05) is 23.0 Å². The number of aryl methyl sites for hydroxylation is 1. The number of benzene rings is 1. The van der Waals surface area contributed by atoms with E-state index in [0.29, 0.717) is 5.56 Å². The van der Waals surface area contributed by atoms with Crippen LogP contribution >= 0.6 is 0 Å². The van der Waals surface area contributed by atoms with Gasteiger partial charge in [0.1, 0.15) is 0 Å². The molecule has 1 aromatic carbocycles. The summed E-state index contributed by atoms with van der Waals surface area (Å²) in [5, 5.41) is 3.95. The maximum absolute atomic E-state index is 11.5. The first-order valence-electron chi connectivity index (χ1n) is 4.56. The number of aromatic nitrogens is 2. The molecule has 0 unspecified atom stereocenters. The highest BCUT2D eigenvalue weighted by Gasteiger charge is 2.07. The van der Waals surface area contributed by atoms with Crippen LogP contribution in [0, 0.1) is 6.92 Å². The highest BCUT2D eigenvalue weighted by atomic mass is 16.7. The molecular formula is C11H10N2O2. The van der Waals surface area contributed by atoms with Crippen molar-refractivity contribution in [2.75, 3.05) is 0 Å². The molecule has 0 amide bonds. The smallest absolute Gasteiger partial charge is 0.314 e. The van der Waals surface area contributed by atoms with E-state index >= 15 is 0 Å². The number of hydrogen-bond donors (Lipinski definition) is 0. The minimum absolute atomic E-state index is 0.418. The van der Waals surface area contributed by atoms with Crippen molar-refractivity contribution in [2.45, 2.75) is 6.92 Å². The lowest BCUT2D eigenvalue weighted by Crippen LogP contribution is -2.20. The Morgan fingerprint density at radius 2 is 2.00 bits per heavy atom. The number of nitrogens with zero attached hydrogens (tertiary/aromatic N) is 2. The molecule has 0 aliphatic carbocycles. The Hall–Kier alpha value is -2.10. The predicted octanol–water partition coefficient (Wildman–Crippen LogP) is 1.46. The summed E-state index contributed by atoms with van der Waals surface area (Å²) in [6, 6.07) is 10.6. The molecule has 0 fully saturated rings. The van der Waals surface area contributed by atoms with Crippen LogP contribution in [0.25, 0.3) is 0 Å². The zero-order valence-electron chi connectivity index (χ0n) is 8.25. The highest BCUT2D eigenvalue weighted by molar-refractivity contribution is 5.89. The van der Waals surface area contributed by atoms with Gasteiger partial charge >= 0.3 is 5.97 Å². The zero-order chi connectivity index (χ0) is 10.7. The Bertz CT molecular complexity index is 462. The van der Waals surface area contributed by atoms with Crippen molar-refractivity contribution < 1.29 is 9.63 Å². The van der Waals surface area contributed by atoms with Gasteiger partial charge in [0.25, 0.3) is 0 Å². The van der Waals surface area contributed by atoms with E-state index in [1.165, 1.54) is 0 Å². The summed E-state index contributed by atoms with van der Waals surface area (Å²) in [6.45, 7) is 1.83. The van der Waals surface area contributed by atoms with E-state index in [9.17, 15) is 4.79 Å². The molecule has 0 bridgehead atoms. The van der Waals surface area contributed by atoms with Gasteiger partial charge in [0.2, 0.25) is 0 Å². The first kappa shape index (κ1) is 9.45. The Kier molecular flexibility index (Phi) is 2.49. The van der Waals surface area contributed by atoms with Crippen LogP contribution in [0.3, 0.4) is 0 Å². The van der Waals surface area contributed by atoms with Crippen LogP contribution in [-0.2, 0) is 0 Å². The molecule has 2 rings (SSSR count). The summed E-state index contributed by atoms with van der Waals surface area (Å²) < 4.78 is 0. The zero-order valence-corrected chi connectivity index (χ0v) is 8.25. The van der Waals surface area contributed by atoms with Gasteiger partial charge < -0.3 is 4.84 Å². The summed E-state index contributed by atoms with van der Waals surface area (Å²) in [4.78, 5) is 17.7. The molecule has 0 saturated heterocycles. The molecule has 15 heavy (non-hydrogen) atoms. The van der Waals surface area contributed by atoms with Crippen molar-refractivity contribution in [1.29, 1.82) is 0 Å². The van der Waals surface area contributed by atoms with Crippen molar-refractivity contribution in [3.8, 4) is 0 Å². The number of rotatable bonds is 2. The number of hydrogen-bond acceptors (Lipinski definition) is 3. The van der Waals surface area contributed by atoms with Gasteiger partial charge in [-0.05, 0) is 25.1 Å². The van der Waals surface area contributed by atoms with Gasteiger partial charge in [-0.2, -0.15) is 0 Å². The summed E-state index contributed by atoms with van der Waals surface area (Å²) >= 11 is 0. The van der Waals surface area contributed by atoms with Crippen LogP contribution in [0.2, 0.25) is 0 Å². The minimum atomic E-state index is -0.418. The summed E-state index contributed by atoms with van der Waals surface area (Å²) in [7, 11) is 0. The van der Waals surface area contributed by atoms with Crippen LogP contribution in [0.5, 0.6) is 0 Å². The van der Waals surface area contributed by atoms with Gasteiger partial charge in [0, 0.05) is 0 Å². The third-order valence-electron chi connectivity index (χ3n) is 1.89. The fraction of sp³-hybridized carbons (Fsp3) is 0.0909. The van der Waals surface area contributed by atoms with Gasteiger partial charge in [0.05, 0.1) is 17.5 Å². The van der Waals surface area contributed by atoms with Gasteiger partial charge in [-0.15, -0.1) is 5.10 Å². The topological polar surface area (TPSA) is 44.1 Å². The summed E-state index contributed by atoms with van der Waals surface area (Å²) in [5.41, 5.74) is 1.31. The van der Waals surface area contributed by atoms with Crippen LogP contribution < -0.4 is 4.84 Å². The van der Waals surface area contributed by atoms with E-state index in [1.54, 1.807) is 36.5 Å².